The Labute approximate surface area is 154 Å². The number of carbonyl (C=O) groups excluding carboxylic acids is 1. The van der Waals surface area contributed by atoms with Crippen LogP contribution in [0.2, 0.25) is 5.02 Å². The summed E-state index contributed by atoms with van der Waals surface area (Å²) in [6.45, 7) is 0.794. The number of fused-ring (bicyclic) bond motifs is 1. The minimum Gasteiger partial charge on any atom is -0.391 e. The Hall–Kier alpha value is -2.57. The number of aliphatic hydroxyl groups excluding tert-OH is 1. The van der Waals surface area contributed by atoms with Crippen LogP contribution in [-0.4, -0.2) is 45.1 Å². The van der Waals surface area contributed by atoms with Gasteiger partial charge in [0.2, 0.25) is 0 Å². The normalized spacial score (nSPS) is 17.0. The Kier molecular flexibility index (Phi) is 4.30. The predicted octanol–water partition coefficient (Wildman–Crippen LogP) is 3.30. The second-order valence-corrected chi connectivity index (χ2v) is 6.71. The number of amides is 1. The van der Waals surface area contributed by atoms with Crippen molar-refractivity contribution in [3.63, 3.8) is 0 Å². The van der Waals surface area contributed by atoms with Crippen molar-refractivity contribution in [1.82, 2.24) is 14.9 Å². The van der Waals surface area contributed by atoms with Gasteiger partial charge in [0.05, 0.1) is 11.6 Å². The van der Waals surface area contributed by atoms with Gasteiger partial charge in [0.1, 0.15) is 11.5 Å². The number of aliphatic hydroxyl groups is 1. The zero-order valence-corrected chi connectivity index (χ0v) is 14.4. The highest BCUT2D eigenvalue weighted by molar-refractivity contribution is 6.30. The van der Waals surface area contributed by atoms with Crippen molar-refractivity contribution in [3.8, 4) is 11.1 Å². The molecule has 1 N–H and O–H groups in total. The molecule has 1 aliphatic heterocycles. The second-order valence-electron chi connectivity index (χ2n) is 6.27. The van der Waals surface area contributed by atoms with Gasteiger partial charge >= 0.3 is 0 Å². The van der Waals surface area contributed by atoms with E-state index in [1.54, 1.807) is 35.4 Å². The molecule has 7 heteroatoms. The molecule has 0 spiro atoms. The molecule has 26 heavy (non-hydrogen) atoms. The van der Waals surface area contributed by atoms with Gasteiger partial charge in [-0.25, -0.2) is 9.37 Å². The third kappa shape index (κ3) is 3.02. The van der Waals surface area contributed by atoms with E-state index in [4.69, 9.17) is 11.6 Å². The molecule has 3 aromatic rings. The van der Waals surface area contributed by atoms with Crippen LogP contribution in [0.5, 0.6) is 0 Å². The minimum absolute atomic E-state index is 0.247. The highest BCUT2D eigenvalue weighted by Gasteiger charge is 2.26. The first-order chi connectivity index (χ1) is 12.5. The van der Waals surface area contributed by atoms with Crippen LogP contribution in [0, 0.1) is 5.82 Å². The molecule has 1 aliphatic rings. The first-order valence-corrected chi connectivity index (χ1v) is 8.58. The highest BCUT2D eigenvalue weighted by atomic mass is 35.5. The average Bonchev–Trinajstić information content (AvgIpc) is 3.07. The van der Waals surface area contributed by atoms with E-state index in [-0.39, 0.29) is 11.6 Å². The molecule has 0 radical (unpaired) electrons. The summed E-state index contributed by atoms with van der Waals surface area (Å²) in [5.74, 6) is -0.726. The van der Waals surface area contributed by atoms with Gasteiger partial charge in [-0.1, -0.05) is 11.6 Å². The number of β-amino-alcohol motifs (C(OH)–C–C–N with tert-alkyl or cyclic N) is 1. The van der Waals surface area contributed by atoms with Crippen LogP contribution >= 0.6 is 11.6 Å². The number of aromatic nitrogens is 2. The molecule has 2 aromatic heterocycles. The lowest BCUT2D eigenvalue weighted by Crippen LogP contribution is -2.30. The van der Waals surface area contributed by atoms with Gasteiger partial charge in [0, 0.05) is 47.0 Å². The number of likely N-dealkylation sites (tertiary alicyclic amines) is 1. The van der Waals surface area contributed by atoms with Gasteiger partial charge in [-0.05, 0) is 36.8 Å². The first-order valence-electron chi connectivity index (χ1n) is 8.20. The Morgan fingerprint density at radius 2 is 2.08 bits per heavy atom. The van der Waals surface area contributed by atoms with Gasteiger partial charge in [0.15, 0.2) is 0 Å². The fourth-order valence-electron chi connectivity index (χ4n) is 3.16. The van der Waals surface area contributed by atoms with Crippen molar-refractivity contribution in [2.75, 3.05) is 13.1 Å². The molecule has 4 rings (SSSR count). The van der Waals surface area contributed by atoms with Crippen molar-refractivity contribution in [2.45, 2.75) is 12.5 Å². The molecule has 0 aliphatic carbocycles. The monoisotopic (exact) mass is 371 g/mol. The standard InChI is InChI=1S/C19H15ClFN3O2/c20-12-2-3-14(16(21)7-12)15-9-22-8-11-1-4-17(23-18(11)15)19(26)24-6-5-13(25)10-24/h1-4,7-9,13,25H,5-6,10H2. The Balaban J connectivity index is 1.81. The fourth-order valence-corrected chi connectivity index (χ4v) is 3.31. The molecule has 132 valence electrons. The number of rotatable bonds is 2. The summed E-state index contributed by atoms with van der Waals surface area (Å²) >= 11 is 5.83. The van der Waals surface area contributed by atoms with Crippen LogP contribution in [0.15, 0.2) is 42.7 Å². The maximum atomic E-state index is 14.4. The summed E-state index contributed by atoms with van der Waals surface area (Å²) in [6.07, 6.45) is 3.20. The quantitative estimate of drug-likeness (QED) is 0.750. The largest absolute Gasteiger partial charge is 0.391 e. The van der Waals surface area contributed by atoms with Gasteiger partial charge in [-0.2, -0.15) is 0 Å². The second kappa shape index (κ2) is 6.63. The number of nitrogens with zero attached hydrogens (tertiary/aromatic N) is 3. The fraction of sp³-hybridized carbons (Fsp3) is 0.211. The zero-order valence-electron chi connectivity index (χ0n) is 13.7. The lowest BCUT2D eigenvalue weighted by atomic mass is 10.0. The lowest BCUT2D eigenvalue weighted by Gasteiger charge is -2.15. The van der Waals surface area contributed by atoms with E-state index in [1.807, 2.05) is 0 Å². The summed E-state index contributed by atoms with van der Waals surface area (Å²) in [4.78, 5) is 22.8. The highest BCUT2D eigenvalue weighted by Crippen LogP contribution is 2.30. The maximum absolute atomic E-state index is 14.4. The van der Waals surface area contributed by atoms with E-state index in [1.165, 1.54) is 12.3 Å². The van der Waals surface area contributed by atoms with E-state index in [2.05, 4.69) is 9.97 Å². The molecule has 1 saturated heterocycles. The van der Waals surface area contributed by atoms with Crippen molar-refractivity contribution < 1.29 is 14.3 Å². The predicted molar refractivity (Wildman–Crippen MR) is 96.5 cm³/mol. The van der Waals surface area contributed by atoms with Crippen LogP contribution < -0.4 is 0 Å². The van der Waals surface area contributed by atoms with Crippen molar-refractivity contribution in [1.29, 1.82) is 0 Å². The number of pyridine rings is 2. The smallest absolute Gasteiger partial charge is 0.272 e. The van der Waals surface area contributed by atoms with E-state index >= 15 is 0 Å². The number of halogens is 2. The van der Waals surface area contributed by atoms with Crippen LogP contribution in [0.4, 0.5) is 4.39 Å². The van der Waals surface area contributed by atoms with E-state index < -0.39 is 11.9 Å². The summed E-state index contributed by atoms with van der Waals surface area (Å²) < 4.78 is 14.4. The molecule has 1 aromatic carbocycles. The topological polar surface area (TPSA) is 66.3 Å². The first kappa shape index (κ1) is 16.9. The minimum atomic E-state index is -0.498. The van der Waals surface area contributed by atoms with Crippen LogP contribution in [-0.2, 0) is 0 Å². The third-order valence-electron chi connectivity index (χ3n) is 4.49. The van der Waals surface area contributed by atoms with Crippen LogP contribution in [0.1, 0.15) is 16.9 Å². The zero-order chi connectivity index (χ0) is 18.3. The van der Waals surface area contributed by atoms with Crippen molar-refractivity contribution in [3.05, 3.63) is 59.3 Å². The summed E-state index contributed by atoms with van der Waals surface area (Å²) in [5, 5.41) is 10.6. The van der Waals surface area contributed by atoms with Gasteiger partial charge in [0.25, 0.3) is 5.91 Å². The summed E-state index contributed by atoms with van der Waals surface area (Å²) in [7, 11) is 0. The Bertz CT molecular complexity index is 1010. The molecule has 1 atom stereocenters. The Morgan fingerprint density at radius 3 is 2.81 bits per heavy atom. The Morgan fingerprint density at radius 1 is 1.23 bits per heavy atom. The maximum Gasteiger partial charge on any atom is 0.272 e. The summed E-state index contributed by atoms with van der Waals surface area (Å²) in [5.41, 5.74) is 1.56. The molecule has 5 nitrogen and oxygen atoms in total. The van der Waals surface area contributed by atoms with E-state index in [9.17, 15) is 14.3 Å². The lowest BCUT2D eigenvalue weighted by molar-refractivity contribution is 0.0759. The molecule has 1 unspecified atom stereocenters. The van der Waals surface area contributed by atoms with E-state index in [0.29, 0.717) is 46.6 Å². The molecule has 1 amide bonds. The number of hydrogen-bond donors (Lipinski definition) is 1. The molecule has 0 saturated carbocycles. The SMILES string of the molecule is O=C(c1ccc2cncc(-c3ccc(Cl)cc3F)c2n1)N1CCC(O)C1. The molecular formula is C19H15ClFN3O2. The van der Waals surface area contributed by atoms with Gasteiger partial charge in [-0.3, -0.25) is 9.78 Å². The molecule has 3 heterocycles. The third-order valence-corrected chi connectivity index (χ3v) is 4.72. The summed E-state index contributed by atoms with van der Waals surface area (Å²) in [6, 6.07) is 7.77. The van der Waals surface area contributed by atoms with Crippen LogP contribution in [0.25, 0.3) is 22.0 Å². The average molecular weight is 372 g/mol. The van der Waals surface area contributed by atoms with Gasteiger partial charge in [-0.15, -0.1) is 0 Å². The number of hydrogen-bond acceptors (Lipinski definition) is 4. The van der Waals surface area contributed by atoms with E-state index in [0.717, 1.165) is 0 Å². The van der Waals surface area contributed by atoms with Crippen molar-refractivity contribution >= 4 is 28.4 Å². The molecule has 1 fully saturated rings. The van der Waals surface area contributed by atoms with Crippen LogP contribution in [0.3, 0.4) is 0 Å². The van der Waals surface area contributed by atoms with Gasteiger partial charge < -0.3 is 10.0 Å². The number of carbonyl (C=O) groups is 1. The van der Waals surface area contributed by atoms with Crippen molar-refractivity contribution in [2.24, 2.45) is 0 Å². The molecule has 0 bridgehead atoms. The molecular weight excluding hydrogens is 357 g/mol. The number of benzene rings is 1.